The lowest BCUT2D eigenvalue weighted by Gasteiger charge is -2.09. The number of nitrogen functional groups attached to an aromatic ring is 1. The molecule has 0 saturated heterocycles. The zero-order valence-corrected chi connectivity index (χ0v) is 12.7. The molecule has 94 valence electrons. The first kappa shape index (κ1) is 14.2. The second-order valence-electron chi connectivity index (χ2n) is 3.49. The van der Waals surface area contributed by atoms with E-state index in [4.69, 9.17) is 52.1 Å². The second kappa shape index (κ2) is 5.81. The number of nitrogens with two attached hydrogens (primary N) is 1. The van der Waals surface area contributed by atoms with Crippen molar-refractivity contribution in [2.75, 3.05) is 5.73 Å². The maximum atomic E-state index is 6.12. The van der Waals surface area contributed by atoms with Crippen LogP contribution in [-0.2, 0) is 0 Å². The molecule has 0 spiro atoms. The maximum Gasteiger partial charge on any atom is 0.0581 e. The van der Waals surface area contributed by atoms with Crippen LogP contribution in [0.25, 0.3) is 0 Å². The van der Waals surface area contributed by atoms with Crippen LogP contribution in [0.3, 0.4) is 0 Å². The van der Waals surface area contributed by atoms with Crippen LogP contribution >= 0.6 is 58.2 Å². The zero-order chi connectivity index (χ0) is 13.3. The van der Waals surface area contributed by atoms with Crippen molar-refractivity contribution in [3.63, 3.8) is 0 Å². The number of rotatable bonds is 2. The van der Waals surface area contributed by atoms with Crippen molar-refractivity contribution in [2.24, 2.45) is 0 Å². The van der Waals surface area contributed by atoms with Gasteiger partial charge in [0.05, 0.1) is 15.1 Å². The van der Waals surface area contributed by atoms with Gasteiger partial charge in [0, 0.05) is 20.5 Å². The molecule has 0 aliphatic rings. The summed E-state index contributed by atoms with van der Waals surface area (Å²) in [4.78, 5) is 1.49. The smallest absolute Gasteiger partial charge is 0.0581 e. The maximum absolute atomic E-state index is 6.12. The highest BCUT2D eigenvalue weighted by atomic mass is 35.5. The average Bonchev–Trinajstić information content (AvgIpc) is 2.28. The van der Waals surface area contributed by atoms with Crippen molar-refractivity contribution in [3.05, 3.63) is 50.4 Å². The van der Waals surface area contributed by atoms with Gasteiger partial charge in [-0.05, 0) is 30.3 Å². The quantitative estimate of drug-likeness (QED) is 0.676. The predicted molar refractivity (Wildman–Crippen MR) is 81.5 cm³/mol. The molecule has 0 heterocycles. The van der Waals surface area contributed by atoms with Gasteiger partial charge in [-0.15, -0.1) is 0 Å². The SMILES string of the molecule is Nc1cc(Cl)c(Sc2cc(Cl)ccc2Cl)c(Cl)c1. The van der Waals surface area contributed by atoms with E-state index in [2.05, 4.69) is 0 Å². The van der Waals surface area contributed by atoms with E-state index in [1.165, 1.54) is 11.8 Å². The third-order valence-electron chi connectivity index (χ3n) is 2.13. The molecule has 2 aromatic rings. The van der Waals surface area contributed by atoms with Crippen LogP contribution in [0.1, 0.15) is 0 Å². The van der Waals surface area contributed by atoms with Gasteiger partial charge in [-0.1, -0.05) is 58.2 Å². The van der Waals surface area contributed by atoms with E-state index in [1.54, 1.807) is 30.3 Å². The monoisotopic (exact) mass is 337 g/mol. The Morgan fingerprint density at radius 2 is 1.44 bits per heavy atom. The molecule has 2 rings (SSSR count). The topological polar surface area (TPSA) is 26.0 Å². The highest BCUT2D eigenvalue weighted by molar-refractivity contribution is 7.99. The Bertz CT molecular complexity index is 578. The lowest BCUT2D eigenvalue weighted by atomic mass is 10.3. The standard InChI is InChI=1S/C12H7Cl4NS/c13-6-1-2-8(14)11(3-6)18-12-9(15)4-7(17)5-10(12)16/h1-5H,17H2. The van der Waals surface area contributed by atoms with Crippen LogP contribution in [-0.4, -0.2) is 0 Å². The Labute approximate surface area is 129 Å². The number of hydrogen-bond acceptors (Lipinski definition) is 2. The molecule has 6 heteroatoms. The van der Waals surface area contributed by atoms with E-state index in [1.807, 2.05) is 0 Å². The van der Waals surface area contributed by atoms with Crippen molar-refractivity contribution in [1.29, 1.82) is 0 Å². The Hall–Kier alpha value is -0.250. The van der Waals surface area contributed by atoms with Crippen LogP contribution in [0.4, 0.5) is 5.69 Å². The summed E-state index contributed by atoms with van der Waals surface area (Å²) in [5.41, 5.74) is 6.17. The average molecular weight is 339 g/mol. The molecule has 0 aliphatic carbocycles. The molecular formula is C12H7Cl4NS. The second-order valence-corrected chi connectivity index (χ2v) is 6.20. The summed E-state index contributed by atoms with van der Waals surface area (Å²) in [6.45, 7) is 0. The molecule has 2 aromatic carbocycles. The van der Waals surface area contributed by atoms with Crippen LogP contribution in [0.5, 0.6) is 0 Å². The molecule has 0 atom stereocenters. The fourth-order valence-corrected chi connectivity index (χ4v) is 3.43. The molecule has 2 N–H and O–H groups in total. The van der Waals surface area contributed by atoms with E-state index in [0.29, 0.717) is 30.7 Å². The minimum Gasteiger partial charge on any atom is -0.399 e. The fraction of sp³-hybridized carbons (Fsp3) is 0. The normalized spacial score (nSPS) is 10.7. The molecule has 0 fully saturated rings. The molecule has 0 bridgehead atoms. The van der Waals surface area contributed by atoms with Gasteiger partial charge in [0.1, 0.15) is 0 Å². The Morgan fingerprint density at radius 1 is 0.833 bits per heavy atom. The lowest BCUT2D eigenvalue weighted by molar-refractivity contribution is 1.41. The van der Waals surface area contributed by atoms with Crippen LogP contribution in [0.15, 0.2) is 40.1 Å². The molecule has 0 amide bonds. The zero-order valence-electron chi connectivity index (χ0n) is 8.88. The van der Waals surface area contributed by atoms with E-state index in [-0.39, 0.29) is 0 Å². The van der Waals surface area contributed by atoms with Gasteiger partial charge < -0.3 is 5.73 Å². The largest absolute Gasteiger partial charge is 0.399 e. The predicted octanol–water partition coefficient (Wildman–Crippen LogP) is 6.03. The van der Waals surface area contributed by atoms with E-state index < -0.39 is 0 Å². The number of hydrogen-bond donors (Lipinski definition) is 1. The van der Waals surface area contributed by atoms with Crippen molar-refractivity contribution in [1.82, 2.24) is 0 Å². The summed E-state index contributed by atoms with van der Waals surface area (Å²) in [5, 5.41) is 2.17. The van der Waals surface area contributed by atoms with Crippen molar-refractivity contribution < 1.29 is 0 Å². The van der Waals surface area contributed by atoms with Crippen LogP contribution < -0.4 is 5.73 Å². The van der Waals surface area contributed by atoms with Crippen LogP contribution in [0, 0.1) is 0 Å². The van der Waals surface area contributed by atoms with Gasteiger partial charge in [-0.2, -0.15) is 0 Å². The summed E-state index contributed by atoms with van der Waals surface area (Å²) < 4.78 is 0. The third kappa shape index (κ3) is 3.19. The molecule has 0 saturated carbocycles. The summed E-state index contributed by atoms with van der Waals surface area (Å²) in [6.07, 6.45) is 0. The lowest BCUT2D eigenvalue weighted by Crippen LogP contribution is -1.87. The summed E-state index contributed by atoms with van der Waals surface area (Å²) >= 11 is 25.6. The third-order valence-corrected chi connectivity index (χ3v) is 4.82. The Kier molecular flexibility index (Phi) is 4.57. The number of halogens is 4. The number of benzene rings is 2. The van der Waals surface area contributed by atoms with E-state index in [9.17, 15) is 0 Å². The molecule has 0 unspecified atom stereocenters. The van der Waals surface area contributed by atoms with Crippen molar-refractivity contribution in [2.45, 2.75) is 9.79 Å². The fourth-order valence-electron chi connectivity index (χ4n) is 1.34. The highest BCUT2D eigenvalue weighted by Gasteiger charge is 2.11. The minimum absolute atomic E-state index is 0.487. The van der Waals surface area contributed by atoms with Gasteiger partial charge >= 0.3 is 0 Å². The van der Waals surface area contributed by atoms with E-state index in [0.717, 1.165) is 4.90 Å². The van der Waals surface area contributed by atoms with E-state index >= 15 is 0 Å². The van der Waals surface area contributed by atoms with Crippen molar-refractivity contribution in [3.8, 4) is 0 Å². The molecular weight excluding hydrogens is 332 g/mol. The minimum atomic E-state index is 0.487. The molecule has 0 radical (unpaired) electrons. The van der Waals surface area contributed by atoms with Gasteiger partial charge in [-0.3, -0.25) is 0 Å². The Morgan fingerprint density at radius 3 is 2.06 bits per heavy atom. The Balaban J connectivity index is 2.43. The first-order valence-corrected chi connectivity index (χ1v) is 7.17. The van der Waals surface area contributed by atoms with Crippen LogP contribution in [0.2, 0.25) is 20.1 Å². The molecule has 1 nitrogen and oxygen atoms in total. The summed E-state index contributed by atoms with van der Waals surface area (Å²) in [7, 11) is 0. The van der Waals surface area contributed by atoms with Gasteiger partial charge in [0.15, 0.2) is 0 Å². The molecule has 0 aromatic heterocycles. The highest BCUT2D eigenvalue weighted by Crippen LogP contribution is 2.42. The summed E-state index contributed by atoms with van der Waals surface area (Å²) in [5.74, 6) is 0. The van der Waals surface area contributed by atoms with Gasteiger partial charge in [0.2, 0.25) is 0 Å². The molecule has 0 aliphatic heterocycles. The first-order chi connectivity index (χ1) is 8.47. The van der Waals surface area contributed by atoms with Gasteiger partial charge in [-0.25, -0.2) is 0 Å². The molecule has 18 heavy (non-hydrogen) atoms. The van der Waals surface area contributed by atoms with Gasteiger partial charge in [0.25, 0.3) is 0 Å². The van der Waals surface area contributed by atoms with Crippen molar-refractivity contribution >= 4 is 63.9 Å². The first-order valence-electron chi connectivity index (χ1n) is 4.85. The summed E-state index contributed by atoms with van der Waals surface area (Å²) in [6, 6.07) is 8.51. The number of anilines is 1.